The first-order valence-corrected chi connectivity index (χ1v) is 6.15. The Labute approximate surface area is 111 Å². The summed E-state index contributed by atoms with van der Waals surface area (Å²) in [6.07, 6.45) is 0. The Hall–Kier alpha value is -1.02. The predicted molar refractivity (Wildman–Crippen MR) is 73.8 cm³/mol. The van der Waals surface area contributed by atoms with E-state index in [4.69, 9.17) is 23.2 Å². The molecule has 1 nitrogen and oxygen atoms in total. The van der Waals surface area contributed by atoms with Crippen LogP contribution in [-0.2, 0) is 0 Å². The highest BCUT2D eigenvalue weighted by Gasteiger charge is 2.15. The summed E-state index contributed by atoms with van der Waals surface area (Å²) in [6, 6.07) is 15.7. The zero-order valence-electron chi connectivity index (χ0n) is 9.45. The molecule has 0 aliphatic carbocycles. The van der Waals surface area contributed by atoms with Crippen LogP contribution in [0.15, 0.2) is 48.5 Å². The van der Waals surface area contributed by atoms with Gasteiger partial charge in [-0.05, 0) is 36.4 Å². The van der Waals surface area contributed by atoms with Crippen LogP contribution in [0.4, 0.5) is 0 Å². The number of rotatable bonds is 3. The number of halogens is 2. The minimum atomic E-state index is 0.0578. The highest BCUT2D eigenvalue weighted by atomic mass is 35.5. The van der Waals surface area contributed by atoms with Crippen LogP contribution in [0, 0.1) is 0 Å². The van der Waals surface area contributed by atoms with Crippen LogP contribution < -0.4 is 5.32 Å². The van der Waals surface area contributed by atoms with Gasteiger partial charge >= 0.3 is 0 Å². The molecule has 0 saturated carbocycles. The smallest absolute Gasteiger partial charge is 0.0589 e. The highest BCUT2D eigenvalue weighted by Crippen LogP contribution is 2.30. The Morgan fingerprint density at radius 3 is 2.35 bits per heavy atom. The average Bonchev–Trinajstić information content (AvgIpc) is 2.36. The van der Waals surface area contributed by atoms with Crippen molar-refractivity contribution in [2.24, 2.45) is 0 Å². The maximum atomic E-state index is 6.22. The van der Waals surface area contributed by atoms with E-state index in [-0.39, 0.29) is 6.04 Å². The molecule has 0 heterocycles. The van der Waals surface area contributed by atoms with Crippen molar-refractivity contribution in [3.05, 3.63) is 69.7 Å². The summed E-state index contributed by atoms with van der Waals surface area (Å²) in [6.45, 7) is 0. The van der Waals surface area contributed by atoms with Crippen molar-refractivity contribution in [3.63, 3.8) is 0 Å². The zero-order chi connectivity index (χ0) is 12.3. The van der Waals surface area contributed by atoms with Crippen molar-refractivity contribution in [1.29, 1.82) is 0 Å². The third kappa shape index (κ3) is 2.81. The molecule has 2 aromatic carbocycles. The fraction of sp³-hybridized carbons (Fsp3) is 0.143. The van der Waals surface area contributed by atoms with Crippen LogP contribution in [0.3, 0.4) is 0 Å². The van der Waals surface area contributed by atoms with Gasteiger partial charge in [0.2, 0.25) is 0 Å². The lowest BCUT2D eigenvalue weighted by molar-refractivity contribution is 0.692. The quantitative estimate of drug-likeness (QED) is 0.873. The van der Waals surface area contributed by atoms with Crippen molar-refractivity contribution in [2.75, 3.05) is 7.05 Å². The van der Waals surface area contributed by atoms with Crippen molar-refractivity contribution in [3.8, 4) is 0 Å². The molecule has 0 bridgehead atoms. The Morgan fingerprint density at radius 1 is 1.00 bits per heavy atom. The number of nitrogens with one attached hydrogen (secondary N) is 1. The molecule has 0 aliphatic rings. The Balaban J connectivity index is 2.46. The maximum absolute atomic E-state index is 6.22. The van der Waals surface area contributed by atoms with Crippen LogP contribution >= 0.6 is 23.2 Å². The van der Waals surface area contributed by atoms with Crippen LogP contribution in [0.2, 0.25) is 10.0 Å². The number of hydrogen-bond acceptors (Lipinski definition) is 1. The Kier molecular flexibility index (Phi) is 4.06. The normalized spacial score (nSPS) is 12.4. The summed E-state index contributed by atoms with van der Waals surface area (Å²) >= 11 is 12.2. The molecule has 0 saturated heterocycles. The van der Waals surface area contributed by atoms with Gasteiger partial charge in [-0.3, -0.25) is 0 Å². The number of hydrogen-bond donors (Lipinski definition) is 1. The van der Waals surface area contributed by atoms with E-state index in [0.717, 1.165) is 10.6 Å². The van der Waals surface area contributed by atoms with Gasteiger partial charge in [-0.25, -0.2) is 0 Å². The minimum Gasteiger partial charge on any atom is -0.309 e. The number of benzene rings is 2. The van der Waals surface area contributed by atoms with E-state index in [2.05, 4.69) is 17.4 Å². The second kappa shape index (κ2) is 5.54. The Bertz CT molecular complexity index is 497. The van der Waals surface area contributed by atoms with Gasteiger partial charge in [0, 0.05) is 10.0 Å². The fourth-order valence-corrected chi connectivity index (χ4v) is 2.29. The van der Waals surface area contributed by atoms with E-state index in [1.165, 1.54) is 5.56 Å². The largest absolute Gasteiger partial charge is 0.309 e. The van der Waals surface area contributed by atoms with Crippen molar-refractivity contribution in [2.45, 2.75) is 6.04 Å². The lowest BCUT2D eigenvalue weighted by Crippen LogP contribution is -2.17. The van der Waals surface area contributed by atoms with Crippen molar-refractivity contribution in [1.82, 2.24) is 5.32 Å². The molecule has 0 radical (unpaired) electrons. The molecule has 17 heavy (non-hydrogen) atoms. The second-order valence-electron chi connectivity index (χ2n) is 3.80. The standard InChI is InChI=1S/C14H13Cl2N/c1-17-14(10-5-3-2-4-6-10)12-9-11(15)7-8-13(12)16/h2-9,14,17H,1H3. The molecule has 0 fully saturated rings. The van der Waals surface area contributed by atoms with Gasteiger partial charge in [-0.15, -0.1) is 0 Å². The van der Waals surface area contributed by atoms with E-state index in [1.807, 2.05) is 37.4 Å². The molecule has 1 N–H and O–H groups in total. The highest BCUT2D eigenvalue weighted by molar-refractivity contribution is 6.33. The molecule has 0 amide bonds. The maximum Gasteiger partial charge on any atom is 0.0589 e. The lowest BCUT2D eigenvalue weighted by Gasteiger charge is -2.18. The molecule has 88 valence electrons. The van der Waals surface area contributed by atoms with Gasteiger partial charge in [0.25, 0.3) is 0 Å². The summed E-state index contributed by atoms with van der Waals surface area (Å²) in [5.41, 5.74) is 2.16. The molecule has 3 heteroatoms. The molecule has 0 spiro atoms. The molecule has 0 aliphatic heterocycles. The second-order valence-corrected chi connectivity index (χ2v) is 4.64. The average molecular weight is 266 g/mol. The lowest BCUT2D eigenvalue weighted by atomic mass is 9.99. The topological polar surface area (TPSA) is 12.0 Å². The van der Waals surface area contributed by atoms with Crippen LogP contribution in [0.1, 0.15) is 17.2 Å². The molecule has 1 unspecified atom stereocenters. The summed E-state index contributed by atoms with van der Waals surface area (Å²) < 4.78 is 0. The molecule has 0 aromatic heterocycles. The summed E-state index contributed by atoms with van der Waals surface area (Å²) in [5, 5.41) is 4.67. The van der Waals surface area contributed by atoms with E-state index in [9.17, 15) is 0 Å². The summed E-state index contributed by atoms with van der Waals surface area (Å²) in [4.78, 5) is 0. The van der Waals surface area contributed by atoms with Gasteiger partial charge < -0.3 is 5.32 Å². The third-order valence-electron chi connectivity index (χ3n) is 2.69. The fourth-order valence-electron chi connectivity index (χ4n) is 1.88. The minimum absolute atomic E-state index is 0.0578. The van der Waals surface area contributed by atoms with E-state index < -0.39 is 0 Å². The van der Waals surface area contributed by atoms with Crippen LogP contribution in [0.25, 0.3) is 0 Å². The monoisotopic (exact) mass is 265 g/mol. The SMILES string of the molecule is CNC(c1ccccc1)c1cc(Cl)ccc1Cl. The molecule has 1 atom stereocenters. The van der Waals surface area contributed by atoms with Gasteiger partial charge in [0.15, 0.2) is 0 Å². The summed E-state index contributed by atoms with van der Waals surface area (Å²) in [5.74, 6) is 0. The zero-order valence-corrected chi connectivity index (χ0v) is 11.0. The van der Waals surface area contributed by atoms with Crippen LogP contribution in [-0.4, -0.2) is 7.05 Å². The van der Waals surface area contributed by atoms with Gasteiger partial charge in [-0.1, -0.05) is 53.5 Å². The predicted octanol–water partition coefficient (Wildman–Crippen LogP) is 4.30. The molecule has 2 aromatic rings. The van der Waals surface area contributed by atoms with Gasteiger partial charge in [0.1, 0.15) is 0 Å². The first-order chi connectivity index (χ1) is 8.22. The first-order valence-electron chi connectivity index (χ1n) is 5.39. The van der Waals surface area contributed by atoms with E-state index in [1.54, 1.807) is 6.07 Å². The Morgan fingerprint density at radius 2 is 1.71 bits per heavy atom. The molecular formula is C14H13Cl2N. The summed E-state index contributed by atoms with van der Waals surface area (Å²) in [7, 11) is 1.91. The van der Waals surface area contributed by atoms with Crippen LogP contribution in [0.5, 0.6) is 0 Å². The van der Waals surface area contributed by atoms with E-state index >= 15 is 0 Å². The van der Waals surface area contributed by atoms with Gasteiger partial charge in [0.05, 0.1) is 6.04 Å². The van der Waals surface area contributed by atoms with Crippen molar-refractivity contribution >= 4 is 23.2 Å². The van der Waals surface area contributed by atoms with E-state index in [0.29, 0.717) is 5.02 Å². The molecular weight excluding hydrogens is 253 g/mol. The van der Waals surface area contributed by atoms with Crippen molar-refractivity contribution < 1.29 is 0 Å². The van der Waals surface area contributed by atoms with Gasteiger partial charge in [-0.2, -0.15) is 0 Å². The first kappa shape index (κ1) is 12.4. The third-order valence-corrected chi connectivity index (χ3v) is 3.27. The molecule has 2 rings (SSSR count).